The SMILES string of the molecule is CCN(Cc1ccccc1)C(=O)c1oc2ccc(S(=O)(=O)N3C[C@@H](C)C[C@H](C)C3)cc2c1C. The van der Waals surface area contributed by atoms with Crippen LogP contribution in [0.25, 0.3) is 11.0 Å². The highest BCUT2D eigenvalue weighted by Crippen LogP contribution is 2.32. The lowest BCUT2D eigenvalue weighted by molar-refractivity contribution is 0.0722. The Morgan fingerprint density at radius 1 is 1.09 bits per heavy atom. The minimum Gasteiger partial charge on any atom is -0.451 e. The van der Waals surface area contributed by atoms with Crippen LogP contribution in [-0.2, 0) is 16.6 Å². The average molecular weight is 469 g/mol. The summed E-state index contributed by atoms with van der Waals surface area (Å²) in [6.07, 6.45) is 1.04. The molecule has 0 aliphatic carbocycles. The van der Waals surface area contributed by atoms with E-state index in [0.717, 1.165) is 12.0 Å². The largest absolute Gasteiger partial charge is 0.451 e. The van der Waals surface area contributed by atoms with Crippen LogP contribution in [0.15, 0.2) is 57.8 Å². The second-order valence-corrected chi connectivity index (χ2v) is 11.2. The Balaban J connectivity index is 1.65. The molecule has 0 bridgehead atoms. The number of hydrogen-bond acceptors (Lipinski definition) is 4. The van der Waals surface area contributed by atoms with Gasteiger partial charge in [-0.15, -0.1) is 0 Å². The van der Waals surface area contributed by atoms with Crippen molar-refractivity contribution in [3.63, 3.8) is 0 Å². The van der Waals surface area contributed by atoms with E-state index in [1.165, 1.54) is 0 Å². The van der Waals surface area contributed by atoms with Gasteiger partial charge in [-0.1, -0.05) is 44.2 Å². The molecule has 1 aliphatic rings. The molecule has 1 amide bonds. The van der Waals surface area contributed by atoms with Gasteiger partial charge in [0.1, 0.15) is 5.58 Å². The molecule has 7 heteroatoms. The van der Waals surface area contributed by atoms with Crippen molar-refractivity contribution in [1.29, 1.82) is 0 Å². The van der Waals surface area contributed by atoms with Crippen molar-refractivity contribution in [2.24, 2.45) is 11.8 Å². The molecule has 1 saturated heterocycles. The molecule has 0 spiro atoms. The number of sulfonamides is 1. The van der Waals surface area contributed by atoms with Crippen LogP contribution >= 0.6 is 0 Å². The van der Waals surface area contributed by atoms with Gasteiger partial charge < -0.3 is 9.32 Å². The van der Waals surface area contributed by atoms with Crippen LogP contribution in [0.3, 0.4) is 0 Å². The van der Waals surface area contributed by atoms with E-state index in [2.05, 4.69) is 13.8 Å². The van der Waals surface area contributed by atoms with Crippen LogP contribution in [-0.4, -0.2) is 43.2 Å². The van der Waals surface area contributed by atoms with Gasteiger partial charge in [0.05, 0.1) is 4.90 Å². The molecule has 6 nitrogen and oxygen atoms in total. The zero-order chi connectivity index (χ0) is 23.8. The quantitative estimate of drug-likeness (QED) is 0.506. The fraction of sp³-hybridized carbons (Fsp3) is 0.423. The summed E-state index contributed by atoms with van der Waals surface area (Å²) in [6.45, 7) is 10.0. The summed E-state index contributed by atoms with van der Waals surface area (Å²) >= 11 is 0. The normalized spacial score (nSPS) is 19.6. The lowest BCUT2D eigenvalue weighted by Gasteiger charge is -2.34. The lowest BCUT2D eigenvalue weighted by atomic mass is 9.94. The van der Waals surface area contributed by atoms with E-state index in [0.29, 0.717) is 54.5 Å². The Hall–Kier alpha value is -2.64. The van der Waals surface area contributed by atoms with E-state index >= 15 is 0 Å². The third-order valence-corrected chi connectivity index (χ3v) is 8.29. The van der Waals surface area contributed by atoms with Crippen molar-refractivity contribution in [2.75, 3.05) is 19.6 Å². The number of aryl methyl sites for hydroxylation is 1. The van der Waals surface area contributed by atoms with Crippen molar-refractivity contribution in [1.82, 2.24) is 9.21 Å². The monoisotopic (exact) mass is 468 g/mol. The standard InChI is InChI=1S/C26H32N2O4S/c1-5-27(17-21-9-7-6-8-10-21)26(29)25-20(4)23-14-22(11-12-24(23)32-25)33(30,31)28-15-18(2)13-19(3)16-28/h6-12,14,18-19H,5,13,15-17H2,1-4H3/t18-,19-/m0/s1. The first kappa shape index (κ1) is 23.5. The molecule has 2 atom stereocenters. The first-order valence-electron chi connectivity index (χ1n) is 11.6. The molecule has 0 radical (unpaired) electrons. The van der Waals surface area contributed by atoms with E-state index in [-0.39, 0.29) is 16.6 Å². The van der Waals surface area contributed by atoms with Gasteiger partial charge in [0.2, 0.25) is 10.0 Å². The molecular weight excluding hydrogens is 436 g/mol. The lowest BCUT2D eigenvalue weighted by Crippen LogP contribution is -2.42. The number of rotatable bonds is 6. The average Bonchev–Trinajstić information content (AvgIpc) is 3.13. The summed E-state index contributed by atoms with van der Waals surface area (Å²) in [6, 6.07) is 14.7. The Kier molecular flexibility index (Phi) is 6.64. The summed E-state index contributed by atoms with van der Waals surface area (Å²) in [7, 11) is -3.61. The highest BCUT2D eigenvalue weighted by molar-refractivity contribution is 7.89. The molecule has 4 rings (SSSR count). The maximum atomic E-state index is 13.4. The van der Waals surface area contributed by atoms with Gasteiger partial charge in [0, 0.05) is 37.1 Å². The number of carbonyl (C=O) groups excluding carboxylic acids is 1. The van der Waals surface area contributed by atoms with Crippen molar-refractivity contribution in [2.45, 2.75) is 45.6 Å². The van der Waals surface area contributed by atoms with Crippen LogP contribution in [0.5, 0.6) is 0 Å². The number of furan rings is 1. The molecule has 0 saturated carbocycles. The van der Waals surface area contributed by atoms with E-state index in [1.807, 2.05) is 44.2 Å². The van der Waals surface area contributed by atoms with Crippen LogP contribution in [0, 0.1) is 18.8 Å². The zero-order valence-corrected chi connectivity index (χ0v) is 20.6. The number of piperidine rings is 1. The van der Waals surface area contributed by atoms with Gasteiger partial charge in [0.15, 0.2) is 5.76 Å². The van der Waals surface area contributed by atoms with Gasteiger partial charge in [-0.2, -0.15) is 4.31 Å². The van der Waals surface area contributed by atoms with E-state index in [1.54, 1.807) is 27.4 Å². The molecule has 1 fully saturated rings. The summed E-state index contributed by atoms with van der Waals surface area (Å²) in [5.41, 5.74) is 2.23. The predicted octanol–water partition coefficient (Wildman–Crippen LogP) is 5.07. The highest BCUT2D eigenvalue weighted by Gasteiger charge is 2.32. The molecular formula is C26H32N2O4S. The number of hydrogen-bond donors (Lipinski definition) is 0. The molecule has 176 valence electrons. The van der Waals surface area contributed by atoms with Gasteiger partial charge >= 0.3 is 0 Å². The van der Waals surface area contributed by atoms with Gasteiger partial charge in [-0.05, 0) is 55.9 Å². The van der Waals surface area contributed by atoms with Crippen LogP contribution in [0.1, 0.15) is 48.9 Å². The number of fused-ring (bicyclic) bond motifs is 1. The fourth-order valence-corrected chi connectivity index (χ4v) is 6.50. The number of carbonyl (C=O) groups is 1. The fourth-order valence-electron chi connectivity index (χ4n) is 4.79. The predicted molar refractivity (Wildman–Crippen MR) is 130 cm³/mol. The van der Waals surface area contributed by atoms with Crippen molar-refractivity contribution >= 4 is 26.9 Å². The third-order valence-electron chi connectivity index (χ3n) is 6.46. The molecule has 1 aliphatic heterocycles. The topological polar surface area (TPSA) is 70.8 Å². The smallest absolute Gasteiger partial charge is 0.290 e. The Morgan fingerprint density at radius 3 is 2.39 bits per heavy atom. The molecule has 0 unspecified atom stereocenters. The maximum Gasteiger partial charge on any atom is 0.290 e. The summed E-state index contributed by atoms with van der Waals surface area (Å²) in [5.74, 6) is 0.726. The number of amides is 1. The van der Waals surface area contributed by atoms with Crippen molar-refractivity contribution < 1.29 is 17.6 Å². The van der Waals surface area contributed by atoms with E-state index in [4.69, 9.17) is 4.42 Å². The molecule has 33 heavy (non-hydrogen) atoms. The maximum absolute atomic E-state index is 13.4. The first-order valence-corrected chi connectivity index (χ1v) is 13.0. The summed E-state index contributed by atoms with van der Waals surface area (Å²) in [4.78, 5) is 15.3. The second kappa shape index (κ2) is 9.31. The van der Waals surface area contributed by atoms with Crippen molar-refractivity contribution in [3.8, 4) is 0 Å². The summed E-state index contributed by atoms with van der Waals surface area (Å²) < 4.78 is 34.2. The minimum absolute atomic E-state index is 0.196. The molecule has 0 N–H and O–H groups in total. The van der Waals surface area contributed by atoms with Crippen molar-refractivity contribution in [3.05, 3.63) is 65.4 Å². The highest BCUT2D eigenvalue weighted by atomic mass is 32.2. The number of benzene rings is 2. The zero-order valence-electron chi connectivity index (χ0n) is 19.7. The second-order valence-electron chi connectivity index (χ2n) is 9.29. The molecule has 2 aromatic carbocycles. The van der Waals surface area contributed by atoms with Crippen LogP contribution < -0.4 is 0 Å². The Bertz CT molecular complexity index is 1240. The van der Waals surface area contributed by atoms with E-state index in [9.17, 15) is 13.2 Å². The number of nitrogens with zero attached hydrogens (tertiary/aromatic N) is 2. The first-order chi connectivity index (χ1) is 15.7. The third kappa shape index (κ3) is 4.70. The van der Waals surface area contributed by atoms with Gasteiger partial charge in [-0.25, -0.2) is 8.42 Å². The molecule has 3 aromatic rings. The summed E-state index contributed by atoms with van der Waals surface area (Å²) in [5, 5.41) is 0.660. The molecule has 2 heterocycles. The Morgan fingerprint density at radius 2 is 1.76 bits per heavy atom. The Labute approximate surface area is 196 Å². The van der Waals surface area contributed by atoms with Crippen LogP contribution in [0.2, 0.25) is 0 Å². The van der Waals surface area contributed by atoms with Gasteiger partial charge in [0.25, 0.3) is 5.91 Å². The van der Waals surface area contributed by atoms with E-state index < -0.39 is 10.0 Å². The van der Waals surface area contributed by atoms with Gasteiger partial charge in [-0.3, -0.25) is 4.79 Å². The minimum atomic E-state index is -3.61. The van der Waals surface area contributed by atoms with Crippen LogP contribution in [0.4, 0.5) is 0 Å². The molecule has 1 aromatic heterocycles.